The summed E-state index contributed by atoms with van der Waals surface area (Å²) < 4.78 is 27.4. The van der Waals surface area contributed by atoms with E-state index >= 15 is 0 Å². The van der Waals surface area contributed by atoms with Gasteiger partial charge in [0.05, 0.1) is 23.5 Å². The van der Waals surface area contributed by atoms with E-state index in [1.54, 1.807) is 23.0 Å². The van der Waals surface area contributed by atoms with Gasteiger partial charge in [0.25, 0.3) is 5.91 Å². The monoisotopic (exact) mass is 672 g/mol. The van der Waals surface area contributed by atoms with Crippen LogP contribution in [0.3, 0.4) is 0 Å². The lowest BCUT2D eigenvalue weighted by molar-refractivity contribution is -0.124. The molecule has 0 bridgehead atoms. The molecular weight excluding hydrogens is 629 g/mol. The molecule has 2 aromatic carbocycles. The van der Waals surface area contributed by atoms with Crippen LogP contribution in [0, 0.1) is 5.92 Å². The van der Waals surface area contributed by atoms with E-state index < -0.39 is 16.1 Å². The molecule has 3 heterocycles. The normalized spacial score (nSPS) is 18.3. The first-order valence-electron chi connectivity index (χ1n) is 16.9. The predicted molar refractivity (Wildman–Crippen MR) is 185 cm³/mol. The van der Waals surface area contributed by atoms with Crippen LogP contribution in [0.2, 0.25) is 0 Å². The summed E-state index contributed by atoms with van der Waals surface area (Å²) in [7, 11) is -3.34. The number of rotatable bonds is 12. The summed E-state index contributed by atoms with van der Waals surface area (Å²) >= 11 is 0. The number of piperidine rings is 1. The summed E-state index contributed by atoms with van der Waals surface area (Å²) in [4.78, 5) is 35.8. The minimum Gasteiger partial charge on any atom is -0.365 e. The lowest BCUT2D eigenvalue weighted by Gasteiger charge is -2.32. The molecule has 12 nitrogen and oxygen atoms in total. The number of hydrogen-bond donors (Lipinski definition) is 3. The zero-order chi connectivity index (χ0) is 33.5. The molecule has 6 rings (SSSR count). The first-order chi connectivity index (χ1) is 23.2. The van der Waals surface area contributed by atoms with Crippen molar-refractivity contribution in [2.75, 3.05) is 24.7 Å². The van der Waals surface area contributed by atoms with Gasteiger partial charge in [-0.2, -0.15) is 5.10 Å². The molecule has 13 heteroatoms. The van der Waals surface area contributed by atoms with Gasteiger partial charge in [0.15, 0.2) is 5.65 Å². The summed E-state index contributed by atoms with van der Waals surface area (Å²) in [6.45, 7) is 1.18. The van der Waals surface area contributed by atoms with Gasteiger partial charge >= 0.3 is 0 Å². The number of benzene rings is 2. The van der Waals surface area contributed by atoms with Crippen molar-refractivity contribution in [1.29, 1.82) is 0 Å². The molecule has 1 aliphatic heterocycles. The number of hydrogen-bond acceptors (Lipinski definition) is 8. The maximum Gasteiger partial charge on any atom is 0.251 e. The van der Waals surface area contributed by atoms with Crippen molar-refractivity contribution in [2.45, 2.75) is 76.4 Å². The number of carbonyl (C=O) groups is 2. The van der Waals surface area contributed by atoms with Crippen LogP contribution in [0.5, 0.6) is 0 Å². The van der Waals surface area contributed by atoms with Crippen molar-refractivity contribution in [3.05, 3.63) is 78.2 Å². The van der Waals surface area contributed by atoms with Crippen LogP contribution in [0.1, 0.15) is 73.7 Å². The predicted octanol–water partition coefficient (Wildman–Crippen LogP) is 4.43. The van der Waals surface area contributed by atoms with Gasteiger partial charge in [-0.05, 0) is 61.4 Å². The van der Waals surface area contributed by atoms with Crippen molar-refractivity contribution in [3.63, 3.8) is 0 Å². The van der Waals surface area contributed by atoms with Gasteiger partial charge in [-0.25, -0.2) is 27.4 Å². The third kappa shape index (κ3) is 8.37. The molecule has 2 aromatic heterocycles. The standard InChI is InChI=1S/C35H44N8O4S/c1-48(46,47)42-20-8-11-28(23-42)40-35(45)31(19-16-25-9-4-2-5-10-25)41-34(44)27-17-14-26(15-18-27)21-36-32-30-22-39-43(33(30)38-24-37-32)29-12-6-3-7-13-29/h3,6-7,12-15,17-18,22,24-25,28,31H,2,4-5,8-11,16,19-21,23H2,1H3,(H,40,45)(H,41,44)(H,36,37,38)/t28-,31+/m1/s1. The molecule has 0 unspecified atom stereocenters. The molecule has 254 valence electrons. The van der Waals surface area contributed by atoms with Crippen molar-refractivity contribution in [2.24, 2.45) is 5.92 Å². The number of carbonyl (C=O) groups excluding carboxylic acids is 2. The Bertz CT molecular complexity index is 1810. The van der Waals surface area contributed by atoms with E-state index in [1.807, 2.05) is 42.5 Å². The molecule has 1 saturated heterocycles. The SMILES string of the molecule is CS(=O)(=O)N1CCC[C@@H](NC(=O)[C@H](CCC2CCCCC2)NC(=O)c2ccc(CNc3ncnc4c3cnn4-c3ccccc3)cc2)C1. The van der Waals surface area contributed by atoms with Gasteiger partial charge in [-0.1, -0.05) is 62.4 Å². The summed E-state index contributed by atoms with van der Waals surface area (Å²) in [5.41, 5.74) is 3.02. The van der Waals surface area contributed by atoms with Crippen LogP contribution in [0.25, 0.3) is 16.7 Å². The van der Waals surface area contributed by atoms with Gasteiger partial charge in [-0.3, -0.25) is 9.59 Å². The molecule has 0 spiro atoms. The molecule has 1 saturated carbocycles. The Kier molecular flexibility index (Phi) is 10.7. The lowest BCUT2D eigenvalue weighted by Crippen LogP contribution is -2.54. The number of nitrogens with zero attached hydrogens (tertiary/aromatic N) is 5. The fourth-order valence-corrected chi connectivity index (χ4v) is 7.67. The molecule has 3 N–H and O–H groups in total. The number of para-hydroxylation sites is 1. The highest BCUT2D eigenvalue weighted by atomic mass is 32.2. The average Bonchev–Trinajstić information content (AvgIpc) is 3.55. The van der Waals surface area contributed by atoms with Crippen molar-refractivity contribution in [3.8, 4) is 5.69 Å². The summed E-state index contributed by atoms with van der Waals surface area (Å²) in [5.74, 6) is 0.642. The van der Waals surface area contributed by atoms with Crippen molar-refractivity contribution in [1.82, 2.24) is 34.7 Å². The van der Waals surface area contributed by atoms with Crippen LogP contribution in [0.4, 0.5) is 5.82 Å². The average molecular weight is 673 g/mol. The molecule has 2 aliphatic rings. The number of anilines is 1. The number of fused-ring (bicyclic) bond motifs is 1. The number of aromatic nitrogens is 4. The minimum atomic E-state index is -3.34. The molecular formula is C35H44N8O4S. The fraction of sp³-hybridized carbons (Fsp3) is 0.457. The van der Waals surface area contributed by atoms with Crippen LogP contribution >= 0.6 is 0 Å². The van der Waals surface area contributed by atoms with E-state index in [4.69, 9.17) is 0 Å². The highest BCUT2D eigenvalue weighted by Crippen LogP contribution is 2.28. The Balaban J connectivity index is 1.09. The second-order valence-electron chi connectivity index (χ2n) is 13.0. The molecule has 4 aromatic rings. The van der Waals surface area contributed by atoms with Crippen LogP contribution < -0.4 is 16.0 Å². The van der Waals surface area contributed by atoms with Crippen LogP contribution in [-0.4, -0.2) is 75.7 Å². The second kappa shape index (κ2) is 15.2. The Morgan fingerprint density at radius 3 is 2.48 bits per heavy atom. The summed E-state index contributed by atoms with van der Waals surface area (Å²) in [6, 6.07) is 16.1. The number of amides is 2. The fourth-order valence-electron chi connectivity index (χ4n) is 6.75. The summed E-state index contributed by atoms with van der Waals surface area (Å²) in [5, 5.41) is 14.7. The van der Waals surface area contributed by atoms with Gasteiger partial charge in [0, 0.05) is 31.2 Å². The van der Waals surface area contributed by atoms with E-state index in [1.165, 1.54) is 36.2 Å². The highest BCUT2D eigenvalue weighted by Gasteiger charge is 2.30. The minimum absolute atomic E-state index is 0.249. The lowest BCUT2D eigenvalue weighted by atomic mass is 9.85. The van der Waals surface area contributed by atoms with Crippen molar-refractivity contribution < 1.29 is 18.0 Å². The zero-order valence-corrected chi connectivity index (χ0v) is 28.2. The molecule has 48 heavy (non-hydrogen) atoms. The largest absolute Gasteiger partial charge is 0.365 e. The van der Waals surface area contributed by atoms with Crippen LogP contribution in [-0.2, 0) is 21.4 Å². The Hall–Kier alpha value is -4.36. The van der Waals surface area contributed by atoms with Gasteiger partial charge < -0.3 is 16.0 Å². The number of nitrogens with one attached hydrogen (secondary N) is 3. The van der Waals surface area contributed by atoms with E-state index in [-0.39, 0.29) is 24.4 Å². The summed E-state index contributed by atoms with van der Waals surface area (Å²) in [6.07, 6.45) is 13.2. The van der Waals surface area contributed by atoms with Crippen LogP contribution in [0.15, 0.2) is 67.1 Å². The topological polar surface area (TPSA) is 151 Å². The zero-order valence-electron chi connectivity index (χ0n) is 27.3. The van der Waals surface area contributed by atoms with Gasteiger partial charge in [0.1, 0.15) is 18.2 Å². The molecule has 2 amide bonds. The molecule has 1 aliphatic carbocycles. The van der Waals surface area contributed by atoms with Gasteiger partial charge in [0.2, 0.25) is 15.9 Å². The second-order valence-corrected chi connectivity index (χ2v) is 15.0. The van der Waals surface area contributed by atoms with E-state index in [9.17, 15) is 18.0 Å². The van der Waals surface area contributed by atoms with E-state index in [2.05, 4.69) is 31.0 Å². The highest BCUT2D eigenvalue weighted by molar-refractivity contribution is 7.88. The van der Waals surface area contributed by atoms with Crippen molar-refractivity contribution >= 4 is 38.7 Å². The molecule has 2 fully saturated rings. The third-order valence-corrected chi connectivity index (χ3v) is 10.7. The quantitative estimate of drug-likeness (QED) is 0.200. The number of sulfonamides is 1. The maximum atomic E-state index is 13.5. The Labute approximate surface area is 281 Å². The molecule has 2 atom stereocenters. The Morgan fingerprint density at radius 2 is 1.73 bits per heavy atom. The smallest absolute Gasteiger partial charge is 0.251 e. The van der Waals surface area contributed by atoms with E-state index in [0.717, 1.165) is 35.9 Å². The first kappa shape index (κ1) is 33.5. The van der Waals surface area contributed by atoms with Gasteiger partial charge in [-0.15, -0.1) is 0 Å². The first-order valence-corrected chi connectivity index (χ1v) is 18.7. The van der Waals surface area contributed by atoms with E-state index in [0.29, 0.717) is 55.3 Å². The Morgan fingerprint density at radius 1 is 0.958 bits per heavy atom. The molecule has 0 radical (unpaired) electrons. The third-order valence-electron chi connectivity index (χ3n) is 9.45. The maximum absolute atomic E-state index is 13.5.